The van der Waals surface area contributed by atoms with Crippen molar-refractivity contribution in [2.45, 2.75) is 33.7 Å². The minimum Gasteiger partial charge on any atom is -0.462 e. The summed E-state index contributed by atoms with van der Waals surface area (Å²) in [5.41, 5.74) is 2.35. The molecule has 0 amide bonds. The van der Waals surface area contributed by atoms with Gasteiger partial charge in [-0.3, -0.25) is 0 Å². The van der Waals surface area contributed by atoms with Gasteiger partial charge in [-0.2, -0.15) is 0 Å². The number of nitrogens with one attached hydrogen (secondary N) is 1. The van der Waals surface area contributed by atoms with Crippen LogP contribution in [0.25, 0.3) is 11.0 Å². The molecule has 0 unspecified atom stereocenters. The van der Waals surface area contributed by atoms with Crippen LogP contribution in [0.5, 0.6) is 0 Å². The Morgan fingerprint density at radius 2 is 2.08 bits per heavy atom. The van der Waals surface area contributed by atoms with Crippen molar-refractivity contribution in [3.05, 3.63) is 11.3 Å². The van der Waals surface area contributed by atoms with Crippen LogP contribution < -0.4 is 5.32 Å². The molecule has 0 radical (unpaired) electrons. The van der Waals surface area contributed by atoms with Gasteiger partial charge in [0.1, 0.15) is 11.1 Å². The molecule has 24 heavy (non-hydrogen) atoms. The summed E-state index contributed by atoms with van der Waals surface area (Å²) in [7, 11) is 4.09. The SMILES string of the molecule is CCOC(=O)c1c(C)nc(NCCCN(C)C)c2nnn(CC)c12. The standard InChI is InChI=1S/C16H26N6O2/c1-6-22-14-12(16(23)24-7-2)11(3)18-15(13(14)19-20-22)17-9-8-10-21(4)5/h6-10H2,1-5H3,(H,17,18). The molecule has 2 heterocycles. The van der Waals surface area contributed by atoms with Crippen LogP contribution in [0, 0.1) is 6.92 Å². The number of aryl methyl sites for hydroxylation is 2. The lowest BCUT2D eigenvalue weighted by atomic mass is 10.1. The molecule has 0 spiro atoms. The second kappa shape index (κ2) is 8.05. The van der Waals surface area contributed by atoms with E-state index in [9.17, 15) is 4.79 Å². The zero-order valence-electron chi connectivity index (χ0n) is 15.1. The maximum atomic E-state index is 12.3. The Bertz CT molecular complexity index is 710. The van der Waals surface area contributed by atoms with Crippen LogP contribution in [-0.4, -0.2) is 64.6 Å². The fourth-order valence-corrected chi connectivity index (χ4v) is 2.56. The summed E-state index contributed by atoms with van der Waals surface area (Å²) >= 11 is 0. The number of aromatic nitrogens is 4. The third-order valence-corrected chi connectivity index (χ3v) is 3.69. The zero-order valence-corrected chi connectivity index (χ0v) is 15.1. The van der Waals surface area contributed by atoms with Crippen molar-refractivity contribution in [3.63, 3.8) is 0 Å². The molecule has 132 valence electrons. The Kier molecular flexibility index (Phi) is 6.08. The third kappa shape index (κ3) is 3.81. The number of nitrogens with zero attached hydrogens (tertiary/aromatic N) is 5. The maximum Gasteiger partial charge on any atom is 0.342 e. The predicted molar refractivity (Wildman–Crippen MR) is 93.4 cm³/mol. The van der Waals surface area contributed by atoms with Gasteiger partial charge in [0.05, 0.1) is 12.3 Å². The number of carbonyl (C=O) groups is 1. The zero-order chi connectivity index (χ0) is 17.7. The first-order chi connectivity index (χ1) is 11.5. The van der Waals surface area contributed by atoms with E-state index in [-0.39, 0.29) is 5.97 Å². The van der Waals surface area contributed by atoms with Crippen LogP contribution in [0.15, 0.2) is 0 Å². The molecule has 0 aromatic carbocycles. The van der Waals surface area contributed by atoms with Crippen LogP contribution in [0.2, 0.25) is 0 Å². The van der Waals surface area contributed by atoms with E-state index in [4.69, 9.17) is 4.74 Å². The normalized spacial score (nSPS) is 11.2. The van der Waals surface area contributed by atoms with E-state index < -0.39 is 0 Å². The van der Waals surface area contributed by atoms with E-state index in [0.717, 1.165) is 19.5 Å². The van der Waals surface area contributed by atoms with E-state index in [1.165, 1.54) is 0 Å². The fraction of sp³-hybridized carbons (Fsp3) is 0.625. The lowest BCUT2D eigenvalue weighted by Gasteiger charge is -2.13. The van der Waals surface area contributed by atoms with Crippen LogP contribution in [0.1, 0.15) is 36.3 Å². The molecule has 0 aliphatic heterocycles. The summed E-state index contributed by atoms with van der Waals surface area (Å²) in [6.07, 6.45) is 0.983. The van der Waals surface area contributed by atoms with Crippen molar-refractivity contribution in [2.24, 2.45) is 0 Å². The van der Waals surface area contributed by atoms with Crippen LogP contribution >= 0.6 is 0 Å². The first-order valence-electron chi connectivity index (χ1n) is 8.29. The first kappa shape index (κ1) is 18.1. The molecule has 2 aromatic heterocycles. The van der Waals surface area contributed by atoms with Crippen molar-refractivity contribution in [1.82, 2.24) is 24.9 Å². The second-order valence-corrected chi connectivity index (χ2v) is 5.83. The summed E-state index contributed by atoms with van der Waals surface area (Å²) in [6, 6.07) is 0. The molecule has 8 nitrogen and oxygen atoms in total. The first-order valence-corrected chi connectivity index (χ1v) is 8.29. The molecule has 0 atom stereocenters. The van der Waals surface area contributed by atoms with Crippen molar-refractivity contribution in [3.8, 4) is 0 Å². The van der Waals surface area contributed by atoms with E-state index >= 15 is 0 Å². The summed E-state index contributed by atoms with van der Waals surface area (Å²) < 4.78 is 6.89. The molecule has 2 rings (SSSR count). The molecule has 0 aliphatic rings. The Morgan fingerprint density at radius 3 is 2.71 bits per heavy atom. The molecule has 8 heteroatoms. The monoisotopic (exact) mass is 334 g/mol. The van der Waals surface area contributed by atoms with Crippen LogP contribution in [0.4, 0.5) is 5.82 Å². The van der Waals surface area contributed by atoms with Gasteiger partial charge in [-0.15, -0.1) is 5.10 Å². The van der Waals surface area contributed by atoms with Gasteiger partial charge in [0.2, 0.25) is 0 Å². The van der Waals surface area contributed by atoms with Gasteiger partial charge in [-0.1, -0.05) is 5.21 Å². The van der Waals surface area contributed by atoms with E-state index in [1.54, 1.807) is 11.6 Å². The lowest BCUT2D eigenvalue weighted by Crippen LogP contribution is -2.17. The highest BCUT2D eigenvalue weighted by molar-refractivity contribution is 6.05. The third-order valence-electron chi connectivity index (χ3n) is 3.69. The molecule has 0 saturated heterocycles. The van der Waals surface area contributed by atoms with Crippen LogP contribution in [0.3, 0.4) is 0 Å². The largest absolute Gasteiger partial charge is 0.462 e. The van der Waals surface area contributed by atoms with Crippen molar-refractivity contribution in [2.75, 3.05) is 39.1 Å². The number of pyridine rings is 1. The minimum atomic E-state index is -0.386. The molecule has 0 bridgehead atoms. The van der Waals surface area contributed by atoms with E-state index in [1.807, 2.05) is 27.9 Å². The molecule has 0 aliphatic carbocycles. The molecule has 2 aromatic rings. The molecule has 1 N–H and O–H groups in total. The number of carbonyl (C=O) groups excluding carboxylic acids is 1. The van der Waals surface area contributed by atoms with E-state index in [0.29, 0.717) is 41.3 Å². The van der Waals surface area contributed by atoms with Gasteiger partial charge in [0.15, 0.2) is 11.3 Å². The molecule has 0 saturated carbocycles. The average Bonchev–Trinajstić information content (AvgIpc) is 2.95. The Balaban J connectivity index is 2.39. The molecular weight excluding hydrogens is 308 g/mol. The number of fused-ring (bicyclic) bond motifs is 1. The number of hydrogen-bond donors (Lipinski definition) is 1. The quantitative estimate of drug-likeness (QED) is 0.581. The van der Waals surface area contributed by atoms with Crippen molar-refractivity contribution >= 4 is 22.8 Å². The Morgan fingerprint density at radius 1 is 1.33 bits per heavy atom. The fourth-order valence-electron chi connectivity index (χ4n) is 2.56. The highest BCUT2D eigenvalue weighted by Gasteiger charge is 2.23. The topological polar surface area (TPSA) is 85.2 Å². The summed E-state index contributed by atoms with van der Waals surface area (Å²) in [5.74, 6) is 0.276. The van der Waals surface area contributed by atoms with Gasteiger partial charge in [0, 0.05) is 13.1 Å². The van der Waals surface area contributed by atoms with Gasteiger partial charge in [-0.05, 0) is 47.8 Å². The number of ether oxygens (including phenoxy) is 1. The summed E-state index contributed by atoms with van der Waals surface area (Å²) in [6.45, 7) is 8.25. The van der Waals surface area contributed by atoms with Gasteiger partial charge < -0.3 is 15.0 Å². The number of esters is 1. The minimum absolute atomic E-state index is 0.317. The number of rotatable bonds is 8. The molecule has 0 fully saturated rings. The highest BCUT2D eigenvalue weighted by Crippen LogP contribution is 2.26. The number of anilines is 1. The highest BCUT2D eigenvalue weighted by atomic mass is 16.5. The maximum absolute atomic E-state index is 12.3. The smallest absolute Gasteiger partial charge is 0.342 e. The van der Waals surface area contributed by atoms with E-state index in [2.05, 4.69) is 25.5 Å². The molecular formula is C16H26N6O2. The Labute approximate surface area is 142 Å². The van der Waals surface area contributed by atoms with Gasteiger partial charge in [0.25, 0.3) is 0 Å². The Hall–Kier alpha value is -2.22. The number of hydrogen-bond acceptors (Lipinski definition) is 7. The summed E-state index contributed by atoms with van der Waals surface area (Å²) in [5, 5.41) is 11.7. The lowest BCUT2D eigenvalue weighted by molar-refractivity contribution is 0.0527. The predicted octanol–water partition coefficient (Wildman–Crippen LogP) is 1.69. The summed E-state index contributed by atoms with van der Waals surface area (Å²) in [4.78, 5) is 19.0. The van der Waals surface area contributed by atoms with Gasteiger partial charge in [-0.25, -0.2) is 14.5 Å². The van der Waals surface area contributed by atoms with Crippen molar-refractivity contribution in [1.29, 1.82) is 0 Å². The second-order valence-electron chi connectivity index (χ2n) is 5.83. The average molecular weight is 334 g/mol. The van der Waals surface area contributed by atoms with Crippen LogP contribution in [-0.2, 0) is 11.3 Å². The van der Waals surface area contributed by atoms with Gasteiger partial charge >= 0.3 is 5.97 Å². The van der Waals surface area contributed by atoms with Crippen molar-refractivity contribution < 1.29 is 9.53 Å².